The van der Waals surface area contributed by atoms with Crippen molar-refractivity contribution in [3.05, 3.63) is 29.8 Å². The van der Waals surface area contributed by atoms with Crippen molar-refractivity contribution in [3.8, 4) is 5.75 Å². The molecular weight excluding hydrogens is 430 g/mol. The average Bonchev–Trinajstić information content (AvgIpc) is 2.83. The molecule has 0 radical (unpaired) electrons. The van der Waals surface area contributed by atoms with Crippen molar-refractivity contribution in [2.75, 3.05) is 36.7 Å². The van der Waals surface area contributed by atoms with Crippen LogP contribution in [-0.4, -0.2) is 60.6 Å². The van der Waals surface area contributed by atoms with E-state index >= 15 is 0 Å². The van der Waals surface area contributed by atoms with E-state index in [1.54, 1.807) is 30.6 Å². The minimum absolute atomic E-state index is 0.0740. The van der Waals surface area contributed by atoms with Gasteiger partial charge in [-0.3, -0.25) is 9.59 Å². The van der Waals surface area contributed by atoms with Gasteiger partial charge in [0.1, 0.15) is 11.8 Å². The van der Waals surface area contributed by atoms with Crippen LogP contribution in [0.5, 0.6) is 5.75 Å². The van der Waals surface area contributed by atoms with E-state index in [4.69, 9.17) is 4.74 Å². The first kappa shape index (κ1) is 24.3. The van der Waals surface area contributed by atoms with Gasteiger partial charge >= 0.3 is 0 Å². The van der Waals surface area contributed by atoms with Crippen LogP contribution < -0.4 is 20.7 Å². The van der Waals surface area contributed by atoms with E-state index in [1.807, 2.05) is 24.3 Å². The van der Waals surface area contributed by atoms with E-state index in [2.05, 4.69) is 16.0 Å². The number of thioether (sulfide) groups is 2. The molecule has 6 nitrogen and oxygen atoms in total. The molecule has 1 aromatic rings. The molecular formula is C23H35N3O3S2. The van der Waals surface area contributed by atoms with Crippen molar-refractivity contribution in [1.29, 1.82) is 0 Å². The summed E-state index contributed by atoms with van der Waals surface area (Å²) in [6.45, 7) is 1.26. The first-order valence-electron chi connectivity index (χ1n) is 11.3. The monoisotopic (exact) mass is 465 g/mol. The third-order valence-electron chi connectivity index (χ3n) is 5.86. The van der Waals surface area contributed by atoms with Gasteiger partial charge in [-0.2, -0.15) is 23.5 Å². The molecule has 0 aromatic heterocycles. The summed E-state index contributed by atoms with van der Waals surface area (Å²) in [5, 5.41) is 9.27. The molecule has 2 unspecified atom stereocenters. The zero-order chi connectivity index (χ0) is 21.9. The maximum absolute atomic E-state index is 13.0. The summed E-state index contributed by atoms with van der Waals surface area (Å²) in [6.07, 6.45) is 6.56. The molecule has 1 saturated heterocycles. The smallest absolute Gasteiger partial charge is 0.243 e. The van der Waals surface area contributed by atoms with Crippen LogP contribution in [0.25, 0.3) is 0 Å². The van der Waals surface area contributed by atoms with Crippen LogP contribution in [-0.2, 0) is 16.1 Å². The fourth-order valence-corrected chi connectivity index (χ4v) is 6.16. The zero-order valence-electron chi connectivity index (χ0n) is 18.4. The number of nitrogens with one attached hydrogen (secondary N) is 3. The molecule has 1 aliphatic carbocycles. The fourth-order valence-electron chi connectivity index (χ4n) is 3.95. The van der Waals surface area contributed by atoms with Gasteiger partial charge in [-0.1, -0.05) is 31.4 Å². The third kappa shape index (κ3) is 8.24. The Balaban J connectivity index is 1.52. The molecule has 0 spiro atoms. The van der Waals surface area contributed by atoms with Crippen LogP contribution in [0.2, 0.25) is 0 Å². The van der Waals surface area contributed by atoms with Crippen molar-refractivity contribution in [1.82, 2.24) is 16.0 Å². The summed E-state index contributed by atoms with van der Waals surface area (Å²) >= 11 is 3.57. The summed E-state index contributed by atoms with van der Waals surface area (Å²) in [5.41, 5.74) is 0.999. The maximum Gasteiger partial charge on any atom is 0.243 e. The molecule has 3 N–H and O–H groups in total. The number of benzene rings is 1. The van der Waals surface area contributed by atoms with Crippen molar-refractivity contribution >= 4 is 35.3 Å². The van der Waals surface area contributed by atoms with E-state index < -0.39 is 6.04 Å². The number of carbonyl (C=O) groups is 2. The summed E-state index contributed by atoms with van der Waals surface area (Å²) < 4.78 is 5.18. The molecule has 1 aliphatic heterocycles. The number of hydrogen-bond donors (Lipinski definition) is 3. The second-order valence-corrected chi connectivity index (χ2v) is 10.5. The molecule has 2 amide bonds. The van der Waals surface area contributed by atoms with Crippen LogP contribution in [0.3, 0.4) is 0 Å². The highest BCUT2D eigenvalue weighted by Gasteiger charge is 2.27. The SMILES string of the molecule is COc1ccc(CNC(=O)C(CSCC2CCCCC2)NC(=O)C2CSCCN2)cc1. The first-order valence-corrected chi connectivity index (χ1v) is 13.6. The molecule has 2 aliphatic rings. The van der Waals surface area contributed by atoms with Gasteiger partial charge in [0.25, 0.3) is 0 Å². The first-order chi connectivity index (χ1) is 15.2. The fraction of sp³-hybridized carbons (Fsp3) is 0.652. The minimum atomic E-state index is -0.520. The Morgan fingerprint density at radius 3 is 2.68 bits per heavy atom. The number of hydrogen-bond acceptors (Lipinski definition) is 6. The van der Waals surface area contributed by atoms with Gasteiger partial charge in [0.05, 0.1) is 13.2 Å². The van der Waals surface area contributed by atoms with Crippen LogP contribution >= 0.6 is 23.5 Å². The molecule has 8 heteroatoms. The van der Waals surface area contributed by atoms with Crippen LogP contribution in [0.4, 0.5) is 0 Å². The molecule has 31 heavy (non-hydrogen) atoms. The summed E-state index contributed by atoms with van der Waals surface area (Å²) in [5.74, 6) is 4.78. The lowest BCUT2D eigenvalue weighted by Gasteiger charge is -2.26. The highest BCUT2D eigenvalue weighted by molar-refractivity contribution is 7.99. The topological polar surface area (TPSA) is 79.5 Å². The second-order valence-electron chi connectivity index (χ2n) is 8.25. The standard InChI is InChI=1S/C23H35N3O3S2/c1-29-19-9-7-17(8-10-19)13-25-22(27)21(16-31-14-18-5-3-2-4-6-18)26-23(28)20-15-30-12-11-24-20/h7-10,18,20-21,24H,2-6,11-16H2,1H3,(H,25,27)(H,26,28). The summed E-state index contributed by atoms with van der Waals surface area (Å²) in [4.78, 5) is 25.7. The predicted octanol–water partition coefficient (Wildman–Crippen LogP) is 2.81. The lowest BCUT2D eigenvalue weighted by Crippen LogP contribution is -2.55. The van der Waals surface area contributed by atoms with Crippen molar-refractivity contribution in [3.63, 3.8) is 0 Å². The quantitative estimate of drug-likeness (QED) is 0.493. The lowest BCUT2D eigenvalue weighted by molar-refractivity contribution is -0.129. The number of carbonyl (C=O) groups excluding carboxylic acids is 2. The van der Waals surface area contributed by atoms with Crippen molar-refractivity contribution in [2.45, 2.75) is 50.7 Å². The van der Waals surface area contributed by atoms with Gasteiger partial charge in [-0.15, -0.1) is 0 Å². The van der Waals surface area contributed by atoms with Crippen LogP contribution in [0.15, 0.2) is 24.3 Å². The second kappa shape index (κ2) is 13.2. The Morgan fingerprint density at radius 1 is 1.23 bits per heavy atom. The normalized spacial score (nSPS) is 20.6. The Hall–Kier alpha value is -1.38. The largest absolute Gasteiger partial charge is 0.497 e. The summed E-state index contributed by atoms with van der Waals surface area (Å²) in [6, 6.07) is 6.90. The molecule has 2 atom stereocenters. The van der Waals surface area contributed by atoms with Crippen molar-refractivity contribution in [2.24, 2.45) is 5.92 Å². The Labute approximate surface area is 194 Å². The zero-order valence-corrected chi connectivity index (χ0v) is 20.0. The van der Waals surface area contributed by atoms with E-state index in [0.29, 0.717) is 12.3 Å². The van der Waals surface area contributed by atoms with Gasteiger partial charge in [0, 0.05) is 30.3 Å². The molecule has 1 heterocycles. The number of ether oxygens (including phenoxy) is 1. The maximum atomic E-state index is 13.0. The predicted molar refractivity (Wildman–Crippen MR) is 130 cm³/mol. The minimum Gasteiger partial charge on any atom is -0.497 e. The molecule has 1 saturated carbocycles. The molecule has 3 rings (SSSR count). The Kier molecular flexibility index (Phi) is 10.4. The van der Waals surface area contributed by atoms with Crippen LogP contribution in [0, 0.1) is 5.92 Å². The van der Waals surface area contributed by atoms with Crippen molar-refractivity contribution < 1.29 is 14.3 Å². The summed E-state index contributed by atoms with van der Waals surface area (Å²) in [7, 11) is 1.63. The van der Waals surface area contributed by atoms with Gasteiger partial charge in [-0.05, 0) is 42.2 Å². The van der Waals surface area contributed by atoms with Gasteiger partial charge in [0.2, 0.25) is 11.8 Å². The highest BCUT2D eigenvalue weighted by Crippen LogP contribution is 2.27. The molecule has 2 fully saturated rings. The van der Waals surface area contributed by atoms with E-state index in [0.717, 1.165) is 41.0 Å². The Morgan fingerprint density at radius 2 is 2.00 bits per heavy atom. The molecule has 0 bridgehead atoms. The number of methoxy groups -OCH3 is 1. The van der Waals surface area contributed by atoms with E-state index in [1.165, 1.54) is 32.1 Å². The van der Waals surface area contributed by atoms with Gasteiger partial charge in [0.15, 0.2) is 0 Å². The highest BCUT2D eigenvalue weighted by atomic mass is 32.2. The van der Waals surface area contributed by atoms with Gasteiger partial charge < -0.3 is 20.7 Å². The number of amides is 2. The van der Waals surface area contributed by atoms with Gasteiger partial charge in [-0.25, -0.2) is 0 Å². The van der Waals surface area contributed by atoms with E-state index in [-0.39, 0.29) is 17.9 Å². The number of rotatable bonds is 10. The average molecular weight is 466 g/mol. The molecule has 1 aromatic carbocycles. The molecule has 172 valence electrons. The lowest BCUT2D eigenvalue weighted by atomic mass is 9.91. The van der Waals surface area contributed by atoms with E-state index in [9.17, 15) is 9.59 Å². The third-order valence-corrected chi connectivity index (χ3v) is 8.20. The Bertz CT molecular complexity index is 690. The van der Waals surface area contributed by atoms with Crippen LogP contribution in [0.1, 0.15) is 37.7 Å².